The molecular formula is C17H12Cl5NO2. The zero-order chi connectivity index (χ0) is 18.4. The van der Waals surface area contributed by atoms with Crippen molar-refractivity contribution >= 4 is 70.0 Å². The van der Waals surface area contributed by atoms with E-state index in [1.165, 1.54) is 18.2 Å². The van der Waals surface area contributed by atoms with Crippen molar-refractivity contribution in [2.75, 3.05) is 0 Å². The Kier molecular flexibility index (Phi) is 7.29. The van der Waals surface area contributed by atoms with Crippen molar-refractivity contribution < 1.29 is 9.53 Å². The van der Waals surface area contributed by atoms with Gasteiger partial charge >= 0.3 is 0 Å². The molecule has 2 rings (SSSR count). The summed E-state index contributed by atoms with van der Waals surface area (Å²) in [5, 5.41) is 3.13. The first-order chi connectivity index (χ1) is 11.8. The topological polar surface area (TPSA) is 38.3 Å². The molecule has 0 aliphatic carbocycles. The van der Waals surface area contributed by atoms with Gasteiger partial charge in [-0.3, -0.25) is 4.79 Å². The van der Waals surface area contributed by atoms with Crippen LogP contribution in [0.5, 0.6) is 5.75 Å². The van der Waals surface area contributed by atoms with E-state index < -0.39 is 15.9 Å². The van der Waals surface area contributed by atoms with Crippen LogP contribution in [-0.4, -0.2) is 15.9 Å². The quantitative estimate of drug-likeness (QED) is 0.358. The van der Waals surface area contributed by atoms with E-state index in [-0.39, 0.29) is 10.8 Å². The summed E-state index contributed by atoms with van der Waals surface area (Å²) in [4.78, 5) is 12.1. The summed E-state index contributed by atoms with van der Waals surface area (Å²) in [5.41, 5.74) is 0.852. The second-order valence-corrected chi connectivity index (χ2v) is 8.08. The number of halogens is 5. The lowest BCUT2D eigenvalue weighted by atomic mass is 10.2. The minimum atomic E-state index is -1.92. The summed E-state index contributed by atoms with van der Waals surface area (Å²) >= 11 is 29.5. The van der Waals surface area contributed by atoms with Gasteiger partial charge in [0.2, 0.25) is 15.9 Å². The molecule has 0 saturated carbocycles. The highest BCUT2D eigenvalue weighted by molar-refractivity contribution is 6.68. The second-order valence-electron chi connectivity index (χ2n) is 4.87. The summed E-state index contributed by atoms with van der Waals surface area (Å²) < 4.78 is 3.62. The van der Waals surface area contributed by atoms with E-state index in [4.69, 9.17) is 62.7 Å². The number of benzene rings is 2. The third-order valence-corrected chi connectivity index (χ3v) is 4.06. The molecule has 132 valence electrons. The summed E-state index contributed by atoms with van der Waals surface area (Å²) in [7, 11) is 0. The molecule has 0 heterocycles. The van der Waals surface area contributed by atoms with Gasteiger partial charge in [0.25, 0.3) is 0 Å². The Morgan fingerprint density at radius 2 is 1.76 bits per heavy atom. The van der Waals surface area contributed by atoms with Crippen LogP contribution in [0.15, 0.2) is 54.6 Å². The van der Waals surface area contributed by atoms with Crippen LogP contribution in [0.25, 0.3) is 6.08 Å². The molecule has 0 aromatic heterocycles. The molecule has 3 nitrogen and oxygen atoms in total. The molecule has 2 aromatic carbocycles. The smallest absolute Gasteiger partial charge is 0.246 e. The van der Waals surface area contributed by atoms with Crippen LogP contribution in [0.1, 0.15) is 5.56 Å². The normalized spacial score (nSPS) is 12.8. The first-order valence-electron chi connectivity index (χ1n) is 6.98. The second kappa shape index (κ2) is 9.02. The van der Waals surface area contributed by atoms with Crippen molar-refractivity contribution in [1.29, 1.82) is 0 Å². The number of nitrogens with one attached hydrogen (secondary N) is 1. The number of hydrogen-bond acceptors (Lipinski definition) is 2. The highest BCUT2D eigenvalue weighted by Crippen LogP contribution is 2.35. The number of alkyl halides is 3. The molecule has 25 heavy (non-hydrogen) atoms. The fraction of sp³-hybridized carbons (Fsp3) is 0.118. The molecule has 0 saturated heterocycles. The third-order valence-electron chi connectivity index (χ3n) is 2.94. The van der Waals surface area contributed by atoms with E-state index >= 15 is 0 Å². The standard InChI is InChI=1S/C17H12Cl5NO2/c18-12-7-8-14(13(19)10-12)25-16(17(20,21)22)23-15(24)9-6-11-4-2-1-3-5-11/h1-10,16H,(H,23,24)/b9-6+/t16-/m1/s1. The minimum absolute atomic E-state index is 0.217. The molecule has 0 radical (unpaired) electrons. The Morgan fingerprint density at radius 1 is 1.08 bits per heavy atom. The average molecular weight is 440 g/mol. The van der Waals surface area contributed by atoms with Gasteiger partial charge in [-0.15, -0.1) is 0 Å². The molecule has 0 fully saturated rings. The predicted octanol–water partition coefficient (Wildman–Crippen LogP) is 5.90. The van der Waals surface area contributed by atoms with E-state index in [0.29, 0.717) is 5.02 Å². The first-order valence-corrected chi connectivity index (χ1v) is 8.87. The Morgan fingerprint density at radius 3 is 2.36 bits per heavy atom. The first kappa shape index (κ1) is 20.2. The van der Waals surface area contributed by atoms with Gasteiger partial charge in [0.1, 0.15) is 5.75 Å². The third kappa shape index (κ3) is 6.61. The number of ether oxygens (including phenoxy) is 1. The average Bonchev–Trinajstić information content (AvgIpc) is 2.54. The van der Waals surface area contributed by atoms with E-state index in [2.05, 4.69) is 5.32 Å². The molecule has 2 aromatic rings. The van der Waals surface area contributed by atoms with Crippen molar-refractivity contribution in [2.45, 2.75) is 10.0 Å². The predicted molar refractivity (Wildman–Crippen MR) is 105 cm³/mol. The molecule has 1 amide bonds. The van der Waals surface area contributed by atoms with Crippen molar-refractivity contribution in [3.8, 4) is 5.75 Å². The number of carbonyl (C=O) groups is 1. The number of rotatable bonds is 5. The zero-order valence-electron chi connectivity index (χ0n) is 12.6. The van der Waals surface area contributed by atoms with Gasteiger partial charge < -0.3 is 10.1 Å². The zero-order valence-corrected chi connectivity index (χ0v) is 16.3. The van der Waals surface area contributed by atoms with Gasteiger partial charge in [0.15, 0.2) is 0 Å². The Labute approximate surface area is 170 Å². The molecule has 0 unspecified atom stereocenters. The number of carbonyl (C=O) groups excluding carboxylic acids is 1. The summed E-state index contributed by atoms with van der Waals surface area (Å²) in [6.07, 6.45) is 1.68. The molecular weight excluding hydrogens is 427 g/mol. The maximum Gasteiger partial charge on any atom is 0.246 e. The van der Waals surface area contributed by atoms with Gasteiger partial charge in [-0.05, 0) is 29.8 Å². The Balaban J connectivity index is 2.10. The van der Waals surface area contributed by atoms with Gasteiger partial charge in [-0.1, -0.05) is 88.3 Å². The van der Waals surface area contributed by atoms with E-state index in [1.54, 1.807) is 12.1 Å². The lowest BCUT2D eigenvalue weighted by Gasteiger charge is -2.26. The van der Waals surface area contributed by atoms with Crippen LogP contribution < -0.4 is 10.1 Å². The molecule has 0 spiro atoms. The van der Waals surface area contributed by atoms with Gasteiger partial charge in [-0.2, -0.15) is 0 Å². The van der Waals surface area contributed by atoms with Crippen LogP contribution in [0, 0.1) is 0 Å². The molecule has 1 atom stereocenters. The number of hydrogen-bond donors (Lipinski definition) is 1. The van der Waals surface area contributed by atoms with Crippen molar-refractivity contribution in [2.24, 2.45) is 0 Å². The van der Waals surface area contributed by atoms with Gasteiger partial charge in [-0.25, -0.2) is 0 Å². The fourth-order valence-corrected chi connectivity index (χ4v) is 2.54. The highest BCUT2D eigenvalue weighted by atomic mass is 35.6. The van der Waals surface area contributed by atoms with Crippen LogP contribution in [-0.2, 0) is 4.79 Å². The van der Waals surface area contributed by atoms with Crippen LogP contribution in [0.2, 0.25) is 10.0 Å². The highest BCUT2D eigenvalue weighted by Gasteiger charge is 2.36. The molecule has 1 N–H and O–H groups in total. The summed E-state index contributed by atoms with van der Waals surface area (Å²) in [5.74, 6) is -0.278. The van der Waals surface area contributed by atoms with E-state index in [0.717, 1.165) is 5.56 Å². The van der Waals surface area contributed by atoms with Gasteiger partial charge in [0.05, 0.1) is 5.02 Å². The van der Waals surface area contributed by atoms with Crippen LogP contribution in [0.3, 0.4) is 0 Å². The van der Waals surface area contributed by atoms with Crippen LogP contribution >= 0.6 is 58.0 Å². The summed E-state index contributed by atoms with van der Waals surface area (Å²) in [6.45, 7) is 0. The molecule has 0 aliphatic heterocycles. The van der Waals surface area contributed by atoms with Gasteiger partial charge in [0, 0.05) is 11.1 Å². The molecule has 8 heteroatoms. The Bertz CT molecular complexity index is 759. The molecule has 0 aliphatic rings. The van der Waals surface area contributed by atoms with E-state index in [9.17, 15) is 4.79 Å². The van der Waals surface area contributed by atoms with E-state index in [1.807, 2.05) is 30.3 Å². The Hall–Kier alpha value is -1.10. The largest absolute Gasteiger partial charge is 0.464 e. The SMILES string of the molecule is O=C(/C=C/c1ccccc1)N[C@H](Oc1ccc(Cl)cc1Cl)C(Cl)(Cl)Cl. The molecule has 0 bridgehead atoms. The van der Waals surface area contributed by atoms with Crippen molar-refractivity contribution in [1.82, 2.24) is 5.32 Å². The van der Waals surface area contributed by atoms with Crippen molar-refractivity contribution in [3.05, 3.63) is 70.2 Å². The minimum Gasteiger partial charge on any atom is -0.464 e. The fourth-order valence-electron chi connectivity index (χ4n) is 1.79. The van der Waals surface area contributed by atoms with Crippen molar-refractivity contribution in [3.63, 3.8) is 0 Å². The monoisotopic (exact) mass is 437 g/mol. The lowest BCUT2D eigenvalue weighted by molar-refractivity contribution is -0.118. The maximum absolute atomic E-state index is 12.1. The van der Waals surface area contributed by atoms with Crippen LogP contribution in [0.4, 0.5) is 0 Å². The lowest BCUT2D eigenvalue weighted by Crippen LogP contribution is -2.47. The number of amides is 1. The summed E-state index contributed by atoms with van der Waals surface area (Å²) in [6, 6.07) is 13.8. The maximum atomic E-state index is 12.1.